The van der Waals surface area contributed by atoms with Gasteiger partial charge in [0, 0.05) is 16.4 Å². The summed E-state index contributed by atoms with van der Waals surface area (Å²) in [4.78, 5) is 0. The second kappa shape index (κ2) is 4.12. The Labute approximate surface area is 129 Å². The lowest BCUT2D eigenvalue weighted by Gasteiger charge is -2.49. The van der Waals surface area contributed by atoms with Gasteiger partial charge in [-0.2, -0.15) is 0 Å². The molecule has 3 atom stereocenters. The first-order valence-electron chi connectivity index (χ1n) is 7.79. The second-order valence-electron chi connectivity index (χ2n) is 6.65. The summed E-state index contributed by atoms with van der Waals surface area (Å²) < 4.78 is 5.58. The van der Waals surface area contributed by atoms with Crippen molar-refractivity contribution in [1.82, 2.24) is 0 Å². The fourth-order valence-electron chi connectivity index (χ4n) is 4.66. The maximum absolute atomic E-state index is 6.32. The minimum absolute atomic E-state index is 0.118. The Morgan fingerprint density at radius 1 is 1.10 bits per heavy atom. The number of hydrogen-bond acceptors (Lipinski definition) is 1. The van der Waals surface area contributed by atoms with Gasteiger partial charge >= 0.3 is 0 Å². The van der Waals surface area contributed by atoms with Crippen LogP contribution in [0.3, 0.4) is 0 Å². The van der Waals surface area contributed by atoms with Gasteiger partial charge in [-0.05, 0) is 53.6 Å². The molecule has 4 aliphatic rings. The SMILES string of the molecule is Clc1ccc2c(c1)C1(CC3CO3)CCC2c2ccccc21. The van der Waals surface area contributed by atoms with Gasteiger partial charge in [-0.15, -0.1) is 0 Å². The zero-order valence-electron chi connectivity index (χ0n) is 11.8. The van der Waals surface area contributed by atoms with Crippen LogP contribution in [-0.4, -0.2) is 12.7 Å². The van der Waals surface area contributed by atoms with E-state index in [1.807, 2.05) is 6.07 Å². The first kappa shape index (κ1) is 12.3. The Morgan fingerprint density at radius 2 is 1.90 bits per heavy atom. The molecular formula is C19H17ClO. The molecule has 2 aromatic rings. The van der Waals surface area contributed by atoms with E-state index in [9.17, 15) is 0 Å². The monoisotopic (exact) mass is 296 g/mol. The van der Waals surface area contributed by atoms with Gasteiger partial charge in [0.25, 0.3) is 0 Å². The minimum Gasteiger partial charge on any atom is -0.373 e. The summed E-state index contributed by atoms with van der Waals surface area (Å²) in [6, 6.07) is 15.5. The van der Waals surface area contributed by atoms with Crippen LogP contribution in [0.1, 0.15) is 47.4 Å². The smallest absolute Gasteiger partial charge is 0.0821 e. The van der Waals surface area contributed by atoms with E-state index in [1.54, 1.807) is 0 Å². The van der Waals surface area contributed by atoms with Crippen LogP contribution in [0.25, 0.3) is 0 Å². The van der Waals surface area contributed by atoms with Crippen molar-refractivity contribution in [2.24, 2.45) is 0 Å². The van der Waals surface area contributed by atoms with Crippen molar-refractivity contribution in [2.45, 2.75) is 36.7 Å². The molecule has 0 aromatic heterocycles. The zero-order valence-corrected chi connectivity index (χ0v) is 12.6. The molecule has 1 saturated heterocycles. The zero-order chi connectivity index (χ0) is 14.0. The fourth-order valence-corrected chi connectivity index (χ4v) is 4.84. The molecule has 21 heavy (non-hydrogen) atoms. The molecule has 0 N–H and O–H groups in total. The standard InChI is InChI=1S/C19H17ClO/c20-12-5-6-16-14-7-8-19(18(16)9-12,10-13-11-21-13)17-4-2-1-3-15(14)17/h1-6,9,13-14H,7-8,10-11H2. The average Bonchev–Trinajstić information content (AvgIpc) is 3.32. The lowest BCUT2D eigenvalue weighted by molar-refractivity contribution is 0.298. The number of halogens is 1. The summed E-state index contributed by atoms with van der Waals surface area (Å²) in [5.74, 6) is 0.551. The van der Waals surface area contributed by atoms with Gasteiger partial charge in [-0.1, -0.05) is 41.9 Å². The van der Waals surface area contributed by atoms with Crippen molar-refractivity contribution in [3.8, 4) is 0 Å². The van der Waals surface area contributed by atoms with E-state index in [0.717, 1.165) is 18.1 Å². The molecule has 2 bridgehead atoms. The molecule has 1 heterocycles. The molecule has 3 unspecified atom stereocenters. The molecule has 3 aliphatic carbocycles. The minimum atomic E-state index is 0.118. The van der Waals surface area contributed by atoms with Crippen molar-refractivity contribution in [3.05, 3.63) is 69.7 Å². The molecule has 0 spiro atoms. The molecule has 106 valence electrons. The van der Waals surface area contributed by atoms with E-state index in [4.69, 9.17) is 16.3 Å². The Balaban J connectivity index is 1.80. The van der Waals surface area contributed by atoms with Crippen molar-refractivity contribution in [2.75, 3.05) is 6.61 Å². The lowest BCUT2D eigenvalue weighted by atomic mass is 9.54. The Morgan fingerprint density at radius 3 is 2.76 bits per heavy atom. The maximum Gasteiger partial charge on any atom is 0.0821 e. The number of benzene rings is 2. The number of fused-ring (bicyclic) bond motifs is 1. The predicted octanol–water partition coefficient (Wildman–Crippen LogP) is 4.65. The third kappa shape index (κ3) is 1.62. The fraction of sp³-hybridized carbons (Fsp3) is 0.368. The van der Waals surface area contributed by atoms with Gasteiger partial charge in [0.2, 0.25) is 0 Å². The van der Waals surface area contributed by atoms with Gasteiger partial charge in [0.15, 0.2) is 0 Å². The van der Waals surface area contributed by atoms with Crippen LogP contribution in [0.15, 0.2) is 42.5 Å². The summed E-state index contributed by atoms with van der Waals surface area (Å²) in [5.41, 5.74) is 6.11. The van der Waals surface area contributed by atoms with Crippen molar-refractivity contribution in [3.63, 3.8) is 0 Å². The average molecular weight is 297 g/mol. The Bertz CT molecular complexity index is 734. The normalized spacial score (nSPS) is 31.7. The Hall–Kier alpha value is -1.31. The van der Waals surface area contributed by atoms with Crippen LogP contribution < -0.4 is 0 Å². The molecule has 0 radical (unpaired) electrons. The number of rotatable bonds is 2. The summed E-state index contributed by atoms with van der Waals surface area (Å²) in [6.07, 6.45) is 4.00. The largest absolute Gasteiger partial charge is 0.373 e. The number of epoxide rings is 1. The van der Waals surface area contributed by atoms with Crippen molar-refractivity contribution >= 4 is 11.6 Å². The number of ether oxygens (including phenoxy) is 1. The van der Waals surface area contributed by atoms with E-state index in [1.165, 1.54) is 35.1 Å². The number of hydrogen-bond donors (Lipinski definition) is 0. The summed E-state index contributed by atoms with van der Waals surface area (Å²) in [5, 5.41) is 0.856. The first-order chi connectivity index (χ1) is 10.3. The van der Waals surface area contributed by atoms with Crippen LogP contribution >= 0.6 is 11.6 Å². The highest BCUT2D eigenvalue weighted by Crippen LogP contribution is 2.59. The quantitative estimate of drug-likeness (QED) is 0.735. The lowest BCUT2D eigenvalue weighted by Crippen LogP contribution is -2.41. The topological polar surface area (TPSA) is 12.5 Å². The maximum atomic E-state index is 6.32. The molecule has 1 nitrogen and oxygen atoms in total. The van der Waals surface area contributed by atoms with Crippen LogP contribution in [0.2, 0.25) is 5.02 Å². The molecule has 0 saturated carbocycles. The van der Waals surface area contributed by atoms with E-state index in [2.05, 4.69) is 36.4 Å². The molecular weight excluding hydrogens is 280 g/mol. The molecule has 2 heteroatoms. The van der Waals surface area contributed by atoms with E-state index < -0.39 is 0 Å². The Kier molecular flexibility index (Phi) is 2.40. The molecule has 2 aromatic carbocycles. The third-order valence-electron chi connectivity index (χ3n) is 5.60. The van der Waals surface area contributed by atoms with Gasteiger partial charge < -0.3 is 4.74 Å². The van der Waals surface area contributed by atoms with Crippen LogP contribution in [0.4, 0.5) is 0 Å². The van der Waals surface area contributed by atoms with Gasteiger partial charge in [0.1, 0.15) is 0 Å². The van der Waals surface area contributed by atoms with E-state index >= 15 is 0 Å². The highest BCUT2D eigenvalue weighted by molar-refractivity contribution is 6.30. The molecule has 1 fully saturated rings. The van der Waals surface area contributed by atoms with Crippen molar-refractivity contribution < 1.29 is 4.74 Å². The molecule has 1 aliphatic heterocycles. The summed E-state index contributed by atoms with van der Waals surface area (Å²) in [7, 11) is 0. The summed E-state index contributed by atoms with van der Waals surface area (Å²) >= 11 is 6.32. The van der Waals surface area contributed by atoms with E-state index in [-0.39, 0.29) is 5.41 Å². The second-order valence-corrected chi connectivity index (χ2v) is 7.09. The first-order valence-corrected chi connectivity index (χ1v) is 8.17. The van der Waals surface area contributed by atoms with Gasteiger partial charge in [-0.25, -0.2) is 0 Å². The predicted molar refractivity (Wildman–Crippen MR) is 84.1 cm³/mol. The van der Waals surface area contributed by atoms with Crippen LogP contribution in [0.5, 0.6) is 0 Å². The highest BCUT2D eigenvalue weighted by Gasteiger charge is 2.50. The van der Waals surface area contributed by atoms with Crippen LogP contribution in [-0.2, 0) is 10.2 Å². The van der Waals surface area contributed by atoms with E-state index in [0.29, 0.717) is 12.0 Å². The molecule has 0 amide bonds. The molecule has 6 rings (SSSR count). The third-order valence-corrected chi connectivity index (χ3v) is 5.83. The van der Waals surface area contributed by atoms with Gasteiger partial charge in [0.05, 0.1) is 12.7 Å². The van der Waals surface area contributed by atoms with Crippen molar-refractivity contribution in [1.29, 1.82) is 0 Å². The van der Waals surface area contributed by atoms with Crippen LogP contribution in [0, 0.1) is 0 Å². The summed E-state index contributed by atoms with van der Waals surface area (Å²) in [6.45, 7) is 0.920. The highest BCUT2D eigenvalue weighted by atomic mass is 35.5. The van der Waals surface area contributed by atoms with Gasteiger partial charge in [-0.3, -0.25) is 0 Å².